The van der Waals surface area contributed by atoms with Crippen LogP contribution in [0.3, 0.4) is 0 Å². The molecule has 0 heterocycles. The SMILES string of the molecule is CC(C)CCCCCCCCCCCCCCCCCC(=O)OC[C@H](COC(=O)CCCCCCCCCCCCCCCCC(C)C)OC(=O)CCCCCCCCCCCCCCCCC(C)C. The van der Waals surface area contributed by atoms with E-state index >= 15 is 0 Å². The van der Waals surface area contributed by atoms with Crippen LogP contribution in [0.25, 0.3) is 0 Å². The molecule has 6 nitrogen and oxygen atoms in total. The van der Waals surface area contributed by atoms with Gasteiger partial charge in [-0.25, -0.2) is 0 Å². The Hall–Kier alpha value is -1.59. The van der Waals surface area contributed by atoms with Crippen LogP contribution in [0.5, 0.6) is 0 Å². The first kappa shape index (κ1) is 68.4. The van der Waals surface area contributed by atoms with E-state index in [1.807, 2.05) is 0 Å². The van der Waals surface area contributed by atoms with Crippen LogP contribution in [0.4, 0.5) is 0 Å². The molecule has 416 valence electrons. The van der Waals surface area contributed by atoms with Gasteiger partial charge in [-0.15, -0.1) is 0 Å². The highest BCUT2D eigenvalue weighted by Crippen LogP contribution is 2.19. The summed E-state index contributed by atoms with van der Waals surface area (Å²) in [5, 5.41) is 0. The van der Waals surface area contributed by atoms with Gasteiger partial charge in [0.2, 0.25) is 0 Å². The number of carbonyl (C=O) groups excluding carboxylic acids is 3. The number of carbonyl (C=O) groups is 3. The largest absolute Gasteiger partial charge is 0.462 e. The minimum Gasteiger partial charge on any atom is -0.462 e. The van der Waals surface area contributed by atoms with Gasteiger partial charge < -0.3 is 14.2 Å². The van der Waals surface area contributed by atoms with E-state index in [1.54, 1.807) is 0 Å². The van der Waals surface area contributed by atoms with Gasteiger partial charge >= 0.3 is 17.9 Å². The van der Waals surface area contributed by atoms with Gasteiger partial charge in [0.1, 0.15) is 13.2 Å². The molecule has 0 amide bonds. The monoisotopic (exact) mass is 989 g/mol. The Morgan fingerprint density at radius 2 is 0.414 bits per heavy atom. The maximum absolute atomic E-state index is 12.9. The Bertz CT molecular complexity index is 1090. The normalized spacial score (nSPS) is 12.1. The summed E-state index contributed by atoms with van der Waals surface area (Å²) < 4.78 is 17.0. The van der Waals surface area contributed by atoms with E-state index in [2.05, 4.69) is 41.5 Å². The summed E-state index contributed by atoms with van der Waals surface area (Å²) in [7, 11) is 0. The molecule has 0 radical (unpaired) electrons. The number of unbranched alkanes of at least 4 members (excludes halogenated alkanes) is 40. The molecule has 0 saturated heterocycles. The molecule has 0 aromatic carbocycles. The second-order valence-electron chi connectivity index (χ2n) is 23.5. The molecule has 0 aliphatic heterocycles. The number of rotatable bonds is 57. The van der Waals surface area contributed by atoms with E-state index in [1.165, 1.54) is 238 Å². The first-order chi connectivity index (χ1) is 34.1. The Labute approximate surface area is 438 Å². The van der Waals surface area contributed by atoms with Gasteiger partial charge in [-0.3, -0.25) is 14.4 Å². The third-order valence-electron chi connectivity index (χ3n) is 14.6. The molecule has 1 atom stereocenters. The first-order valence-corrected chi connectivity index (χ1v) is 31.6. The summed E-state index contributed by atoms with van der Waals surface area (Å²) >= 11 is 0. The molecule has 0 spiro atoms. The molecule has 0 saturated carbocycles. The molecule has 0 bridgehead atoms. The molecule has 0 aromatic rings. The Morgan fingerprint density at radius 3 is 0.614 bits per heavy atom. The lowest BCUT2D eigenvalue weighted by Gasteiger charge is -2.18. The van der Waals surface area contributed by atoms with Crippen LogP contribution in [0.2, 0.25) is 0 Å². The van der Waals surface area contributed by atoms with Crippen molar-refractivity contribution >= 4 is 17.9 Å². The number of hydrogen-bond donors (Lipinski definition) is 0. The van der Waals surface area contributed by atoms with E-state index in [-0.39, 0.29) is 31.1 Å². The number of esters is 3. The van der Waals surface area contributed by atoms with Crippen molar-refractivity contribution in [2.24, 2.45) is 17.8 Å². The van der Waals surface area contributed by atoms with Gasteiger partial charge in [-0.2, -0.15) is 0 Å². The molecule has 0 aromatic heterocycles. The predicted octanol–water partition coefficient (Wildman–Crippen LogP) is 21.1. The van der Waals surface area contributed by atoms with Gasteiger partial charge in [-0.05, 0) is 37.0 Å². The quantitative estimate of drug-likeness (QED) is 0.0343. The molecule has 70 heavy (non-hydrogen) atoms. The van der Waals surface area contributed by atoms with Gasteiger partial charge in [-0.1, -0.05) is 318 Å². The lowest BCUT2D eigenvalue weighted by atomic mass is 10.0. The molecule has 6 heteroatoms. The highest BCUT2D eigenvalue weighted by atomic mass is 16.6. The Morgan fingerprint density at radius 1 is 0.243 bits per heavy atom. The zero-order chi connectivity index (χ0) is 51.2. The van der Waals surface area contributed by atoms with Crippen LogP contribution in [-0.2, 0) is 28.6 Å². The standard InChI is InChI=1S/C64H124O6/c1-58(2)50-44-38-32-26-20-14-8-7-9-17-23-29-35-41-47-53-62(65)68-56-61(70-64(67)55-49-43-37-31-25-19-13-11-16-22-28-34-40-46-52-60(5)6)57-69-63(66)54-48-42-36-30-24-18-12-10-15-21-27-33-39-45-51-59(3)4/h58-61H,7-57H2,1-6H3/t61-/m1/s1. The Kier molecular flexibility index (Phi) is 53.9. The van der Waals surface area contributed by atoms with Crippen LogP contribution < -0.4 is 0 Å². The van der Waals surface area contributed by atoms with Crippen molar-refractivity contribution in [2.75, 3.05) is 13.2 Å². The topological polar surface area (TPSA) is 78.9 Å². The summed E-state index contributed by atoms with van der Waals surface area (Å²) in [4.78, 5) is 38.3. The van der Waals surface area contributed by atoms with Gasteiger partial charge in [0.05, 0.1) is 0 Å². The maximum Gasteiger partial charge on any atom is 0.306 e. The zero-order valence-electron chi connectivity index (χ0n) is 48.3. The highest BCUT2D eigenvalue weighted by Gasteiger charge is 2.19. The summed E-state index contributed by atoms with van der Waals surface area (Å²) in [5.74, 6) is 1.70. The van der Waals surface area contributed by atoms with Crippen LogP contribution >= 0.6 is 0 Å². The van der Waals surface area contributed by atoms with E-state index < -0.39 is 6.10 Å². The fourth-order valence-electron chi connectivity index (χ4n) is 9.88. The third-order valence-corrected chi connectivity index (χ3v) is 14.6. The summed E-state index contributed by atoms with van der Waals surface area (Å²) in [6, 6.07) is 0. The molecular weight excluding hydrogens is 865 g/mol. The minimum absolute atomic E-state index is 0.0626. The Balaban J connectivity index is 4.30. The van der Waals surface area contributed by atoms with Gasteiger partial charge in [0, 0.05) is 19.3 Å². The van der Waals surface area contributed by atoms with E-state index in [4.69, 9.17) is 14.2 Å². The number of ether oxygens (including phenoxy) is 3. The van der Waals surface area contributed by atoms with Crippen LogP contribution in [0, 0.1) is 17.8 Å². The summed E-state index contributed by atoms with van der Waals surface area (Å²) in [6.07, 6.45) is 59.6. The van der Waals surface area contributed by atoms with Crippen molar-refractivity contribution in [3.05, 3.63) is 0 Å². The van der Waals surface area contributed by atoms with Gasteiger partial charge in [0.25, 0.3) is 0 Å². The average molecular weight is 990 g/mol. The second kappa shape index (κ2) is 55.2. The van der Waals surface area contributed by atoms with Crippen molar-refractivity contribution in [3.8, 4) is 0 Å². The first-order valence-electron chi connectivity index (χ1n) is 31.6. The van der Waals surface area contributed by atoms with Crippen molar-refractivity contribution < 1.29 is 28.6 Å². The smallest absolute Gasteiger partial charge is 0.306 e. The van der Waals surface area contributed by atoms with Crippen molar-refractivity contribution in [2.45, 2.75) is 362 Å². The molecular formula is C64H124O6. The van der Waals surface area contributed by atoms with Crippen LogP contribution in [-0.4, -0.2) is 37.2 Å². The lowest BCUT2D eigenvalue weighted by Crippen LogP contribution is -2.30. The van der Waals surface area contributed by atoms with Crippen molar-refractivity contribution in [1.29, 1.82) is 0 Å². The van der Waals surface area contributed by atoms with Gasteiger partial charge in [0.15, 0.2) is 6.10 Å². The van der Waals surface area contributed by atoms with Crippen LogP contribution in [0.1, 0.15) is 356 Å². The van der Waals surface area contributed by atoms with Crippen molar-refractivity contribution in [1.82, 2.24) is 0 Å². The number of hydrogen-bond acceptors (Lipinski definition) is 6. The van der Waals surface area contributed by atoms with Crippen LogP contribution in [0.15, 0.2) is 0 Å². The molecule has 0 aliphatic carbocycles. The molecule has 0 rings (SSSR count). The summed E-state index contributed by atoms with van der Waals surface area (Å²) in [5.41, 5.74) is 0. The maximum atomic E-state index is 12.9. The lowest BCUT2D eigenvalue weighted by molar-refractivity contribution is -0.167. The fourth-order valence-corrected chi connectivity index (χ4v) is 9.88. The minimum atomic E-state index is -0.764. The predicted molar refractivity (Wildman–Crippen MR) is 303 cm³/mol. The second-order valence-corrected chi connectivity index (χ2v) is 23.5. The van der Waals surface area contributed by atoms with E-state index in [0.717, 1.165) is 75.5 Å². The molecule has 0 fully saturated rings. The van der Waals surface area contributed by atoms with E-state index in [9.17, 15) is 14.4 Å². The fraction of sp³-hybridized carbons (Fsp3) is 0.953. The molecule has 0 N–H and O–H groups in total. The highest BCUT2D eigenvalue weighted by molar-refractivity contribution is 5.71. The zero-order valence-corrected chi connectivity index (χ0v) is 48.3. The average Bonchev–Trinajstić information content (AvgIpc) is 3.32. The molecule has 0 aliphatic rings. The summed E-state index contributed by atoms with van der Waals surface area (Å²) in [6.45, 7) is 13.8. The van der Waals surface area contributed by atoms with Crippen molar-refractivity contribution in [3.63, 3.8) is 0 Å². The van der Waals surface area contributed by atoms with E-state index in [0.29, 0.717) is 19.3 Å². The third kappa shape index (κ3) is 57.3. The molecule has 0 unspecified atom stereocenters.